The molecular weight excluding hydrogens is 132 g/mol. The van der Waals surface area contributed by atoms with Crippen molar-refractivity contribution in [3.63, 3.8) is 0 Å². The first-order valence-electron chi connectivity index (χ1n) is 2.74. The Kier molecular flexibility index (Phi) is 3.87. The average Bonchev–Trinajstić information content (AvgIpc) is 1.85. The molecule has 0 aromatic rings. The molecule has 0 aliphatic rings. The van der Waals surface area contributed by atoms with Gasteiger partial charge in [-0.1, -0.05) is 6.08 Å². The summed E-state index contributed by atoms with van der Waals surface area (Å²) >= 11 is 0. The van der Waals surface area contributed by atoms with Crippen LogP contribution in [0.4, 0.5) is 0 Å². The van der Waals surface area contributed by atoms with Gasteiger partial charge in [0.2, 0.25) is 0 Å². The van der Waals surface area contributed by atoms with E-state index in [2.05, 4.69) is 0 Å². The number of rotatable bonds is 3. The van der Waals surface area contributed by atoms with Gasteiger partial charge in [-0.15, -0.1) is 0 Å². The van der Waals surface area contributed by atoms with Crippen molar-refractivity contribution in [2.24, 2.45) is 0 Å². The summed E-state index contributed by atoms with van der Waals surface area (Å²) in [6.07, 6.45) is 4.65. The van der Waals surface area contributed by atoms with E-state index in [1.54, 1.807) is 13.0 Å². The van der Waals surface area contributed by atoms with Crippen LogP contribution in [0.5, 0.6) is 0 Å². The third kappa shape index (κ3) is 4.77. The van der Waals surface area contributed by atoms with Crippen molar-refractivity contribution < 1.29 is 14.7 Å². The van der Waals surface area contributed by atoms with Gasteiger partial charge in [-0.25, -0.2) is 4.79 Å². The molecule has 0 amide bonds. The van der Waals surface area contributed by atoms with Crippen molar-refractivity contribution in [2.45, 2.75) is 6.92 Å². The molecule has 0 aliphatic heterocycles. The van der Waals surface area contributed by atoms with Gasteiger partial charge < -0.3 is 5.11 Å². The summed E-state index contributed by atoms with van der Waals surface area (Å²) in [5.74, 6) is -1.43. The molecule has 0 unspecified atom stereocenters. The third-order valence-corrected chi connectivity index (χ3v) is 0.721. The summed E-state index contributed by atoms with van der Waals surface area (Å²) in [6, 6.07) is 0. The fourth-order valence-electron chi connectivity index (χ4n) is 0.373. The van der Waals surface area contributed by atoms with E-state index in [4.69, 9.17) is 5.11 Å². The summed E-state index contributed by atoms with van der Waals surface area (Å²) in [4.78, 5) is 20.4. The molecule has 0 atom stereocenters. The minimum atomic E-state index is -1.11. The molecule has 0 fully saturated rings. The number of hydrogen-bond donors (Lipinski definition) is 1. The molecule has 1 N–H and O–H groups in total. The molecule has 54 valence electrons. The van der Waals surface area contributed by atoms with Crippen LogP contribution in [-0.2, 0) is 9.59 Å². The predicted octanol–water partition coefficient (Wildman–Crippen LogP) is 0.772. The number of hydrogen-bond acceptors (Lipinski definition) is 2. The lowest BCUT2D eigenvalue weighted by atomic mass is 10.3. The molecule has 0 saturated carbocycles. The lowest BCUT2D eigenvalue weighted by molar-refractivity contribution is -0.131. The monoisotopic (exact) mass is 140 g/mol. The number of allylic oxidation sites excluding steroid dienone is 3. The second-order valence-corrected chi connectivity index (χ2v) is 1.57. The van der Waals surface area contributed by atoms with E-state index in [0.717, 1.165) is 12.2 Å². The van der Waals surface area contributed by atoms with Gasteiger partial charge in [0.1, 0.15) is 0 Å². The highest BCUT2D eigenvalue weighted by Crippen LogP contribution is 1.79. The minimum Gasteiger partial charge on any atom is -0.478 e. The van der Waals surface area contributed by atoms with E-state index in [1.165, 1.54) is 6.08 Å². The minimum absolute atomic E-state index is 0.315. The molecular formula is C7H8O3. The maximum absolute atomic E-state index is 10.5. The highest BCUT2D eigenvalue weighted by atomic mass is 16.4. The predicted molar refractivity (Wildman–Crippen MR) is 36.6 cm³/mol. The van der Waals surface area contributed by atoms with Crippen molar-refractivity contribution >= 4 is 11.8 Å². The van der Waals surface area contributed by atoms with Gasteiger partial charge in [-0.2, -0.15) is 0 Å². The van der Waals surface area contributed by atoms with Crippen LogP contribution in [0.1, 0.15) is 6.92 Å². The van der Waals surface area contributed by atoms with Gasteiger partial charge in [0.15, 0.2) is 5.78 Å². The van der Waals surface area contributed by atoms with E-state index in [9.17, 15) is 9.59 Å². The first-order valence-corrected chi connectivity index (χ1v) is 2.74. The van der Waals surface area contributed by atoms with Crippen LogP contribution >= 0.6 is 0 Å². The maximum Gasteiger partial charge on any atom is 0.328 e. The smallest absolute Gasteiger partial charge is 0.328 e. The van der Waals surface area contributed by atoms with Crippen LogP contribution in [0, 0.1) is 0 Å². The molecule has 0 aromatic carbocycles. The Bertz CT molecular complexity index is 189. The molecule has 0 saturated heterocycles. The number of ketones is 1. The summed E-state index contributed by atoms with van der Waals surface area (Å²) < 4.78 is 0. The zero-order valence-electron chi connectivity index (χ0n) is 5.57. The van der Waals surface area contributed by atoms with E-state index < -0.39 is 5.97 Å². The van der Waals surface area contributed by atoms with Crippen LogP contribution in [0.15, 0.2) is 24.3 Å². The lowest BCUT2D eigenvalue weighted by Crippen LogP contribution is -1.90. The van der Waals surface area contributed by atoms with Gasteiger partial charge in [-0.3, -0.25) is 4.79 Å². The van der Waals surface area contributed by atoms with Gasteiger partial charge in [0.25, 0.3) is 0 Å². The van der Waals surface area contributed by atoms with E-state index in [1.807, 2.05) is 0 Å². The van der Waals surface area contributed by atoms with Crippen molar-refractivity contribution in [3.05, 3.63) is 24.3 Å². The Hall–Kier alpha value is -1.38. The third-order valence-electron chi connectivity index (χ3n) is 0.721. The van der Waals surface area contributed by atoms with Gasteiger partial charge in [0, 0.05) is 6.08 Å². The lowest BCUT2D eigenvalue weighted by Gasteiger charge is -1.78. The molecule has 0 aromatic heterocycles. The first kappa shape index (κ1) is 8.62. The van der Waals surface area contributed by atoms with E-state index >= 15 is 0 Å². The van der Waals surface area contributed by atoms with Gasteiger partial charge in [-0.05, 0) is 19.1 Å². The number of carbonyl (C=O) groups is 2. The Labute approximate surface area is 58.7 Å². The zero-order chi connectivity index (χ0) is 7.98. The molecule has 0 bridgehead atoms. The zero-order valence-corrected chi connectivity index (χ0v) is 5.57. The Morgan fingerprint density at radius 2 is 1.80 bits per heavy atom. The molecule has 10 heavy (non-hydrogen) atoms. The quantitative estimate of drug-likeness (QED) is 0.589. The summed E-state index contributed by atoms with van der Waals surface area (Å²) in [5, 5.41) is 8.07. The van der Waals surface area contributed by atoms with E-state index in [-0.39, 0.29) is 5.78 Å². The Balaban J connectivity index is 3.90. The van der Waals surface area contributed by atoms with E-state index in [0.29, 0.717) is 0 Å². The molecule has 0 aliphatic carbocycles. The van der Waals surface area contributed by atoms with Crippen LogP contribution < -0.4 is 0 Å². The largest absolute Gasteiger partial charge is 0.478 e. The van der Waals surface area contributed by atoms with Gasteiger partial charge in [0.05, 0.1) is 0 Å². The van der Waals surface area contributed by atoms with Crippen molar-refractivity contribution in [3.8, 4) is 0 Å². The molecule has 0 spiro atoms. The Morgan fingerprint density at radius 3 is 2.20 bits per heavy atom. The second-order valence-electron chi connectivity index (χ2n) is 1.57. The number of carboxylic acid groups (broad SMARTS) is 1. The Morgan fingerprint density at radius 1 is 1.20 bits per heavy atom. The first-order chi connectivity index (χ1) is 4.66. The molecule has 3 nitrogen and oxygen atoms in total. The number of carboxylic acids is 1. The second kappa shape index (κ2) is 4.49. The van der Waals surface area contributed by atoms with Crippen LogP contribution in [0.25, 0.3) is 0 Å². The molecule has 0 heterocycles. The molecule has 0 radical (unpaired) electrons. The summed E-state index contributed by atoms with van der Waals surface area (Å²) in [7, 11) is 0. The van der Waals surface area contributed by atoms with Crippen LogP contribution in [-0.4, -0.2) is 16.9 Å². The fraction of sp³-hybridized carbons (Fsp3) is 0.143. The van der Waals surface area contributed by atoms with Crippen LogP contribution in [0.3, 0.4) is 0 Å². The maximum atomic E-state index is 10.5. The van der Waals surface area contributed by atoms with Gasteiger partial charge >= 0.3 is 5.97 Å². The molecule has 0 rings (SSSR count). The molecule has 3 heteroatoms. The topological polar surface area (TPSA) is 54.4 Å². The summed E-state index contributed by atoms with van der Waals surface area (Å²) in [5.41, 5.74) is 0. The van der Waals surface area contributed by atoms with Crippen molar-refractivity contribution in [2.75, 3.05) is 0 Å². The number of carbonyl (C=O) groups excluding carboxylic acids is 1. The normalized spacial score (nSPS) is 10.9. The average molecular weight is 140 g/mol. The van der Waals surface area contributed by atoms with Crippen molar-refractivity contribution in [1.29, 1.82) is 0 Å². The summed E-state index contributed by atoms with van der Waals surface area (Å²) in [6.45, 7) is 1.69. The standard InChI is InChI=1S/C7H8O3/c1-2-3-6(8)4-5-7(9)10/h2-5H,1H3,(H,9,10). The van der Waals surface area contributed by atoms with Crippen LogP contribution in [0.2, 0.25) is 0 Å². The van der Waals surface area contributed by atoms with Crippen molar-refractivity contribution in [1.82, 2.24) is 0 Å². The highest BCUT2D eigenvalue weighted by Gasteiger charge is 1.89. The number of aliphatic carboxylic acids is 1. The fourth-order valence-corrected chi connectivity index (χ4v) is 0.373. The highest BCUT2D eigenvalue weighted by molar-refractivity contribution is 6.02. The SMILES string of the molecule is CC=CC(=O)C=CC(=O)O.